The predicted molar refractivity (Wildman–Crippen MR) is 75.6 cm³/mol. The average Bonchev–Trinajstić information content (AvgIpc) is 2.76. The lowest BCUT2D eigenvalue weighted by molar-refractivity contribution is -0.138. The Labute approximate surface area is 124 Å². The first-order valence-electron chi connectivity index (χ1n) is 7.14. The van der Waals surface area contributed by atoms with Gasteiger partial charge in [-0.05, 0) is 5.92 Å². The van der Waals surface area contributed by atoms with Gasteiger partial charge < -0.3 is 20.1 Å². The number of hydrogen-bond acceptors (Lipinski definition) is 4. The maximum Gasteiger partial charge on any atom is 0.305 e. The summed E-state index contributed by atoms with van der Waals surface area (Å²) in [6, 6.07) is -0.418. The number of nitrogens with one attached hydrogen (secondary N) is 1. The lowest BCUT2D eigenvalue weighted by atomic mass is 9.99. The van der Waals surface area contributed by atoms with E-state index in [1.807, 2.05) is 13.8 Å². The number of ether oxygens (including phenoxy) is 1. The standard InChI is InChI=1S/C14H24N2O5/c1-9(2)11(7-13(18)19)15-14(20)10-6-12(17)16(8-10)4-5-21-3/h9-11H,4-8H2,1-3H3,(H,15,20)(H,18,19). The zero-order valence-electron chi connectivity index (χ0n) is 12.8. The summed E-state index contributed by atoms with van der Waals surface area (Å²) >= 11 is 0. The molecule has 0 aromatic rings. The Hall–Kier alpha value is -1.63. The van der Waals surface area contributed by atoms with Crippen molar-refractivity contribution in [3.63, 3.8) is 0 Å². The van der Waals surface area contributed by atoms with Crippen LogP contribution in [0.15, 0.2) is 0 Å². The number of carboxylic acid groups (broad SMARTS) is 1. The first-order chi connectivity index (χ1) is 9.85. The number of carbonyl (C=O) groups is 3. The molecular formula is C14H24N2O5. The molecule has 120 valence electrons. The third-order valence-corrected chi connectivity index (χ3v) is 3.68. The first-order valence-corrected chi connectivity index (χ1v) is 7.14. The zero-order chi connectivity index (χ0) is 16.0. The highest BCUT2D eigenvalue weighted by atomic mass is 16.5. The second kappa shape index (κ2) is 7.97. The van der Waals surface area contributed by atoms with E-state index in [4.69, 9.17) is 9.84 Å². The van der Waals surface area contributed by atoms with Gasteiger partial charge in [0.05, 0.1) is 18.9 Å². The van der Waals surface area contributed by atoms with E-state index in [1.54, 1.807) is 12.0 Å². The smallest absolute Gasteiger partial charge is 0.305 e. The predicted octanol–water partition coefficient (Wildman–Crippen LogP) is 0.0968. The maximum absolute atomic E-state index is 12.2. The van der Waals surface area contributed by atoms with Gasteiger partial charge >= 0.3 is 5.97 Å². The first kappa shape index (κ1) is 17.4. The summed E-state index contributed by atoms with van der Waals surface area (Å²) < 4.78 is 4.93. The molecule has 1 heterocycles. The number of hydrogen-bond donors (Lipinski definition) is 2. The van der Waals surface area contributed by atoms with Gasteiger partial charge in [0.1, 0.15) is 0 Å². The second-order valence-corrected chi connectivity index (χ2v) is 5.69. The van der Waals surface area contributed by atoms with Gasteiger partial charge in [-0.1, -0.05) is 13.8 Å². The molecule has 7 heteroatoms. The summed E-state index contributed by atoms with van der Waals surface area (Å²) in [7, 11) is 1.56. The Kier molecular flexibility index (Phi) is 6.61. The van der Waals surface area contributed by atoms with Gasteiger partial charge in [0, 0.05) is 32.7 Å². The van der Waals surface area contributed by atoms with E-state index in [1.165, 1.54) is 0 Å². The summed E-state index contributed by atoms with van der Waals surface area (Å²) in [5, 5.41) is 11.6. The zero-order valence-corrected chi connectivity index (χ0v) is 12.8. The molecule has 7 nitrogen and oxygen atoms in total. The van der Waals surface area contributed by atoms with Gasteiger partial charge in [-0.25, -0.2) is 0 Å². The van der Waals surface area contributed by atoms with Crippen LogP contribution in [-0.2, 0) is 19.1 Å². The van der Waals surface area contributed by atoms with Crippen LogP contribution < -0.4 is 5.32 Å². The van der Waals surface area contributed by atoms with Crippen molar-refractivity contribution in [2.24, 2.45) is 11.8 Å². The molecule has 1 fully saturated rings. The van der Waals surface area contributed by atoms with Gasteiger partial charge in [0.15, 0.2) is 0 Å². The topological polar surface area (TPSA) is 95.9 Å². The minimum absolute atomic E-state index is 0.0201. The van der Waals surface area contributed by atoms with Crippen LogP contribution in [0.5, 0.6) is 0 Å². The Balaban J connectivity index is 2.55. The van der Waals surface area contributed by atoms with Gasteiger partial charge in [-0.3, -0.25) is 14.4 Å². The van der Waals surface area contributed by atoms with Gasteiger partial charge in [-0.2, -0.15) is 0 Å². The Morgan fingerprint density at radius 2 is 2.14 bits per heavy atom. The van der Waals surface area contributed by atoms with Crippen LogP contribution in [0.4, 0.5) is 0 Å². The Morgan fingerprint density at radius 1 is 1.48 bits per heavy atom. The van der Waals surface area contributed by atoms with Crippen LogP contribution in [0.1, 0.15) is 26.7 Å². The average molecular weight is 300 g/mol. The molecule has 0 bridgehead atoms. The van der Waals surface area contributed by atoms with Crippen molar-refractivity contribution in [2.75, 3.05) is 26.8 Å². The van der Waals surface area contributed by atoms with Crippen LogP contribution >= 0.6 is 0 Å². The normalized spacial score (nSPS) is 19.9. The number of aliphatic carboxylic acids is 1. The fourth-order valence-corrected chi connectivity index (χ4v) is 2.31. The third-order valence-electron chi connectivity index (χ3n) is 3.68. The van der Waals surface area contributed by atoms with Gasteiger partial charge in [0.2, 0.25) is 11.8 Å². The molecule has 0 spiro atoms. The minimum Gasteiger partial charge on any atom is -0.481 e. The minimum atomic E-state index is -0.946. The number of carbonyl (C=O) groups excluding carboxylic acids is 2. The lowest BCUT2D eigenvalue weighted by Crippen LogP contribution is -2.43. The number of amides is 2. The SMILES string of the molecule is COCCN1CC(C(=O)NC(CC(=O)O)C(C)C)CC1=O. The molecule has 1 saturated heterocycles. The summed E-state index contributed by atoms with van der Waals surface area (Å²) in [5.41, 5.74) is 0. The molecule has 2 unspecified atom stereocenters. The van der Waals surface area contributed by atoms with Crippen LogP contribution in [0.2, 0.25) is 0 Å². The van der Waals surface area contributed by atoms with Crippen molar-refractivity contribution in [3.05, 3.63) is 0 Å². The highest BCUT2D eigenvalue weighted by Gasteiger charge is 2.35. The lowest BCUT2D eigenvalue weighted by Gasteiger charge is -2.22. The largest absolute Gasteiger partial charge is 0.481 e. The summed E-state index contributed by atoms with van der Waals surface area (Å²) in [6.45, 7) is 5.00. The fourth-order valence-electron chi connectivity index (χ4n) is 2.31. The van der Waals surface area contributed by atoms with E-state index in [9.17, 15) is 14.4 Å². The number of rotatable bonds is 8. The van der Waals surface area contributed by atoms with E-state index in [-0.39, 0.29) is 30.6 Å². The summed E-state index contributed by atoms with van der Waals surface area (Å²) in [5.74, 6) is -1.65. The van der Waals surface area contributed by atoms with Crippen molar-refractivity contribution in [3.8, 4) is 0 Å². The molecule has 2 N–H and O–H groups in total. The highest BCUT2D eigenvalue weighted by Crippen LogP contribution is 2.18. The molecule has 0 aliphatic carbocycles. The molecule has 1 aliphatic rings. The molecule has 1 rings (SSSR count). The number of carboxylic acids is 1. The fraction of sp³-hybridized carbons (Fsp3) is 0.786. The van der Waals surface area contributed by atoms with Crippen molar-refractivity contribution >= 4 is 17.8 Å². The molecule has 0 saturated carbocycles. The van der Waals surface area contributed by atoms with Crippen LogP contribution in [0, 0.1) is 11.8 Å². The van der Waals surface area contributed by atoms with Crippen LogP contribution in [0.25, 0.3) is 0 Å². The Bertz CT molecular complexity index is 397. The number of methoxy groups -OCH3 is 1. The van der Waals surface area contributed by atoms with Crippen molar-refractivity contribution in [2.45, 2.75) is 32.7 Å². The molecule has 0 aromatic carbocycles. The monoisotopic (exact) mass is 300 g/mol. The molecule has 0 radical (unpaired) electrons. The van der Waals surface area contributed by atoms with Gasteiger partial charge in [-0.15, -0.1) is 0 Å². The molecule has 0 aromatic heterocycles. The van der Waals surface area contributed by atoms with Crippen molar-refractivity contribution in [1.82, 2.24) is 10.2 Å². The number of likely N-dealkylation sites (tertiary alicyclic amines) is 1. The van der Waals surface area contributed by atoms with E-state index < -0.39 is 17.9 Å². The maximum atomic E-state index is 12.2. The van der Waals surface area contributed by atoms with E-state index in [0.717, 1.165) is 0 Å². The summed E-state index contributed by atoms with van der Waals surface area (Å²) in [4.78, 5) is 36.4. The molecule has 1 aliphatic heterocycles. The second-order valence-electron chi connectivity index (χ2n) is 5.69. The van der Waals surface area contributed by atoms with E-state index in [2.05, 4.69) is 5.32 Å². The van der Waals surface area contributed by atoms with E-state index >= 15 is 0 Å². The Morgan fingerprint density at radius 3 is 2.67 bits per heavy atom. The van der Waals surface area contributed by atoms with Crippen molar-refractivity contribution in [1.29, 1.82) is 0 Å². The highest BCUT2D eigenvalue weighted by molar-refractivity contribution is 5.89. The van der Waals surface area contributed by atoms with Crippen LogP contribution in [0.3, 0.4) is 0 Å². The van der Waals surface area contributed by atoms with Crippen molar-refractivity contribution < 1.29 is 24.2 Å². The third kappa shape index (κ3) is 5.34. The van der Waals surface area contributed by atoms with Crippen LogP contribution in [-0.4, -0.2) is 60.6 Å². The quantitative estimate of drug-likeness (QED) is 0.662. The summed E-state index contributed by atoms with van der Waals surface area (Å²) in [6.07, 6.45) is 0.0604. The molecule has 21 heavy (non-hydrogen) atoms. The molecular weight excluding hydrogens is 276 g/mol. The molecule has 2 amide bonds. The van der Waals surface area contributed by atoms with Gasteiger partial charge in [0.25, 0.3) is 0 Å². The number of nitrogens with zero attached hydrogens (tertiary/aromatic N) is 1. The van der Waals surface area contributed by atoms with E-state index in [0.29, 0.717) is 19.7 Å². The molecule has 2 atom stereocenters.